The van der Waals surface area contributed by atoms with Crippen LogP contribution in [0.4, 0.5) is 5.82 Å². The fourth-order valence-electron chi connectivity index (χ4n) is 1.81. The monoisotopic (exact) mass is 298 g/mol. The van der Waals surface area contributed by atoms with E-state index in [0.717, 1.165) is 0 Å². The number of nitrogens with one attached hydrogen (secondary N) is 2. The zero-order chi connectivity index (χ0) is 14.5. The van der Waals surface area contributed by atoms with Crippen LogP contribution in [0.15, 0.2) is 6.07 Å². The summed E-state index contributed by atoms with van der Waals surface area (Å²) in [6.45, 7) is 2.67. The third kappa shape index (κ3) is 3.88. The summed E-state index contributed by atoms with van der Waals surface area (Å²) in [5.74, 6) is 0.261. The van der Waals surface area contributed by atoms with Crippen molar-refractivity contribution in [3.8, 4) is 0 Å². The second-order valence-electron chi connectivity index (χ2n) is 4.28. The molecule has 1 unspecified atom stereocenters. The maximum Gasteiger partial charge on any atom is 0.249 e. The first-order valence-electron chi connectivity index (χ1n) is 6.30. The first kappa shape index (κ1) is 14.7. The summed E-state index contributed by atoms with van der Waals surface area (Å²) >= 11 is 5.90. The van der Waals surface area contributed by atoms with Crippen LogP contribution in [0.5, 0.6) is 0 Å². The Bertz CT molecular complexity index is 523. The van der Waals surface area contributed by atoms with Crippen LogP contribution in [0.1, 0.15) is 25.6 Å². The number of amides is 2. The molecule has 0 aliphatic carbocycles. The number of ether oxygens (including phenoxy) is 1. The summed E-state index contributed by atoms with van der Waals surface area (Å²) in [5.41, 5.74) is 0. The molecule has 8 heteroatoms. The van der Waals surface area contributed by atoms with Gasteiger partial charge in [-0.3, -0.25) is 14.9 Å². The van der Waals surface area contributed by atoms with Crippen molar-refractivity contribution < 1.29 is 14.3 Å². The number of aromatic nitrogens is 2. The highest BCUT2D eigenvalue weighted by molar-refractivity contribution is 6.29. The third-order valence-electron chi connectivity index (χ3n) is 2.74. The zero-order valence-electron chi connectivity index (χ0n) is 11.0. The van der Waals surface area contributed by atoms with Gasteiger partial charge < -0.3 is 10.1 Å². The van der Waals surface area contributed by atoms with Gasteiger partial charge in [0.2, 0.25) is 11.8 Å². The van der Waals surface area contributed by atoms with E-state index in [1.54, 1.807) is 0 Å². The Labute approximate surface area is 121 Å². The number of hydrogen-bond acceptors (Lipinski definition) is 6. The van der Waals surface area contributed by atoms with Crippen molar-refractivity contribution in [1.82, 2.24) is 15.3 Å². The van der Waals surface area contributed by atoms with Gasteiger partial charge in [0.25, 0.3) is 0 Å². The van der Waals surface area contributed by atoms with Gasteiger partial charge in [-0.1, -0.05) is 11.6 Å². The second kappa shape index (κ2) is 6.62. The molecule has 0 radical (unpaired) electrons. The van der Waals surface area contributed by atoms with E-state index in [1.165, 1.54) is 6.07 Å². The smallest absolute Gasteiger partial charge is 0.249 e. The number of rotatable bonds is 5. The van der Waals surface area contributed by atoms with E-state index in [2.05, 4.69) is 20.6 Å². The second-order valence-corrected chi connectivity index (χ2v) is 4.66. The highest BCUT2D eigenvalue weighted by Gasteiger charge is 2.26. The van der Waals surface area contributed by atoms with E-state index < -0.39 is 6.04 Å². The highest BCUT2D eigenvalue weighted by atomic mass is 35.5. The standard InChI is InChI=1S/C12H15ClN4O3/c1-2-20-6-10-15-8(13)5-9(16-10)14-7-3-4-11(18)17-12(7)19/h5,7H,2-4,6H2,1H3,(H,14,15,16)(H,17,18,19). The van der Waals surface area contributed by atoms with Gasteiger partial charge in [0.15, 0.2) is 5.82 Å². The third-order valence-corrected chi connectivity index (χ3v) is 2.93. The van der Waals surface area contributed by atoms with Gasteiger partial charge in [-0.15, -0.1) is 0 Å². The van der Waals surface area contributed by atoms with E-state index in [1.807, 2.05) is 6.92 Å². The number of nitrogens with zero attached hydrogens (tertiary/aromatic N) is 2. The van der Waals surface area contributed by atoms with Crippen molar-refractivity contribution in [2.45, 2.75) is 32.4 Å². The molecule has 0 saturated carbocycles. The number of piperidine rings is 1. The minimum absolute atomic E-state index is 0.251. The van der Waals surface area contributed by atoms with Crippen LogP contribution in [0.2, 0.25) is 5.15 Å². The normalized spacial score (nSPS) is 18.8. The Kier molecular flexibility index (Phi) is 4.86. The number of carbonyl (C=O) groups is 2. The molecule has 0 spiro atoms. The summed E-state index contributed by atoms with van der Waals surface area (Å²) in [6, 6.07) is 1.03. The first-order chi connectivity index (χ1) is 9.58. The van der Waals surface area contributed by atoms with E-state index >= 15 is 0 Å². The van der Waals surface area contributed by atoms with Gasteiger partial charge in [0.05, 0.1) is 0 Å². The average molecular weight is 299 g/mol. The molecule has 1 aliphatic heterocycles. The van der Waals surface area contributed by atoms with E-state index in [4.69, 9.17) is 16.3 Å². The summed E-state index contributed by atoms with van der Waals surface area (Å²) in [6.07, 6.45) is 0.723. The van der Waals surface area contributed by atoms with Gasteiger partial charge in [0, 0.05) is 19.1 Å². The number of carbonyl (C=O) groups excluding carboxylic acids is 2. The summed E-state index contributed by atoms with van der Waals surface area (Å²) in [5, 5.41) is 5.49. The number of hydrogen-bond donors (Lipinski definition) is 2. The van der Waals surface area contributed by atoms with Crippen molar-refractivity contribution in [2.75, 3.05) is 11.9 Å². The Morgan fingerprint density at radius 2 is 2.30 bits per heavy atom. The van der Waals surface area contributed by atoms with Crippen LogP contribution in [-0.4, -0.2) is 34.4 Å². The van der Waals surface area contributed by atoms with E-state index in [-0.39, 0.29) is 23.6 Å². The zero-order valence-corrected chi connectivity index (χ0v) is 11.7. The van der Waals surface area contributed by atoms with Crippen molar-refractivity contribution >= 4 is 29.2 Å². The van der Waals surface area contributed by atoms with E-state index in [0.29, 0.717) is 31.1 Å². The molecule has 2 rings (SSSR count). The lowest BCUT2D eigenvalue weighted by atomic mass is 10.1. The number of halogens is 1. The van der Waals surface area contributed by atoms with Gasteiger partial charge in [-0.2, -0.15) is 0 Å². The van der Waals surface area contributed by atoms with Gasteiger partial charge >= 0.3 is 0 Å². The molecule has 2 N–H and O–H groups in total. The Hall–Kier alpha value is -1.73. The molecule has 20 heavy (non-hydrogen) atoms. The molecule has 1 atom stereocenters. The Morgan fingerprint density at radius 1 is 1.50 bits per heavy atom. The van der Waals surface area contributed by atoms with Gasteiger partial charge in [-0.25, -0.2) is 9.97 Å². The SMILES string of the molecule is CCOCc1nc(Cl)cc(NC2CCC(=O)NC2=O)n1. The van der Waals surface area contributed by atoms with Crippen molar-refractivity contribution in [2.24, 2.45) is 0 Å². The van der Waals surface area contributed by atoms with Crippen molar-refractivity contribution in [3.05, 3.63) is 17.0 Å². The fourth-order valence-corrected chi connectivity index (χ4v) is 2.01. The number of imide groups is 1. The quantitative estimate of drug-likeness (QED) is 0.619. The van der Waals surface area contributed by atoms with Crippen LogP contribution in [0, 0.1) is 0 Å². The van der Waals surface area contributed by atoms with Gasteiger partial charge in [-0.05, 0) is 13.3 Å². The largest absolute Gasteiger partial charge is 0.374 e. The predicted molar refractivity (Wildman–Crippen MR) is 72.2 cm³/mol. The lowest BCUT2D eigenvalue weighted by molar-refractivity contribution is -0.133. The molecule has 1 fully saturated rings. The highest BCUT2D eigenvalue weighted by Crippen LogP contribution is 2.16. The Balaban J connectivity index is 2.06. The predicted octanol–water partition coefficient (Wildman–Crippen LogP) is 0.884. The van der Waals surface area contributed by atoms with Crippen molar-refractivity contribution in [1.29, 1.82) is 0 Å². The Morgan fingerprint density at radius 3 is 3.00 bits per heavy atom. The molecule has 1 aliphatic rings. The summed E-state index contributed by atoms with van der Waals surface area (Å²) < 4.78 is 5.22. The lowest BCUT2D eigenvalue weighted by Crippen LogP contribution is -2.47. The molecular weight excluding hydrogens is 284 g/mol. The molecule has 2 amide bonds. The molecule has 108 valence electrons. The van der Waals surface area contributed by atoms with E-state index in [9.17, 15) is 9.59 Å². The molecule has 7 nitrogen and oxygen atoms in total. The molecule has 1 aromatic rings. The molecule has 0 aromatic carbocycles. The maximum absolute atomic E-state index is 11.7. The molecule has 1 aromatic heterocycles. The van der Waals surface area contributed by atoms with Crippen LogP contribution in [0.25, 0.3) is 0 Å². The van der Waals surface area contributed by atoms with Crippen LogP contribution in [0.3, 0.4) is 0 Å². The minimum atomic E-state index is -0.501. The first-order valence-corrected chi connectivity index (χ1v) is 6.67. The molecule has 2 heterocycles. The average Bonchev–Trinajstić information content (AvgIpc) is 2.39. The van der Waals surface area contributed by atoms with Crippen molar-refractivity contribution in [3.63, 3.8) is 0 Å². The topological polar surface area (TPSA) is 93.2 Å². The molecule has 0 bridgehead atoms. The van der Waals surface area contributed by atoms with Crippen LogP contribution >= 0.6 is 11.6 Å². The summed E-state index contributed by atoms with van der Waals surface area (Å²) in [4.78, 5) is 31.0. The van der Waals surface area contributed by atoms with Crippen LogP contribution in [-0.2, 0) is 20.9 Å². The summed E-state index contributed by atoms with van der Waals surface area (Å²) in [7, 11) is 0. The molecule has 1 saturated heterocycles. The number of anilines is 1. The van der Waals surface area contributed by atoms with Crippen LogP contribution < -0.4 is 10.6 Å². The lowest BCUT2D eigenvalue weighted by Gasteiger charge is -2.22. The fraction of sp³-hybridized carbons (Fsp3) is 0.500. The van der Waals surface area contributed by atoms with Gasteiger partial charge in [0.1, 0.15) is 23.6 Å². The molecular formula is C12H15ClN4O3. The maximum atomic E-state index is 11.7. The minimum Gasteiger partial charge on any atom is -0.374 e.